The molecule has 0 fully saturated rings. The Morgan fingerprint density at radius 2 is 1.26 bits per heavy atom. The third-order valence-electron chi connectivity index (χ3n) is 3.53. The van der Waals surface area contributed by atoms with E-state index in [2.05, 4.69) is 0 Å². The lowest BCUT2D eigenvalue weighted by molar-refractivity contribution is 0.355. The van der Waals surface area contributed by atoms with E-state index >= 15 is 0 Å². The van der Waals surface area contributed by atoms with E-state index in [1.165, 1.54) is 0 Å². The van der Waals surface area contributed by atoms with E-state index in [0.29, 0.717) is 11.5 Å². The van der Waals surface area contributed by atoms with Crippen LogP contribution in [0, 0.1) is 0 Å². The Kier molecular flexibility index (Phi) is 4.48. The van der Waals surface area contributed by atoms with Crippen molar-refractivity contribution in [3.8, 4) is 34.1 Å². The van der Waals surface area contributed by atoms with Gasteiger partial charge in [0.25, 0.3) is 0 Å². The van der Waals surface area contributed by atoms with Crippen LogP contribution in [0.15, 0.2) is 72.8 Å². The lowest BCUT2D eigenvalue weighted by Crippen LogP contribution is -1.91. The zero-order valence-corrected chi connectivity index (χ0v) is 13.2. The van der Waals surface area contributed by atoms with Gasteiger partial charge in [-0.25, -0.2) is 0 Å². The molecule has 0 atom stereocenters. The molecule has 3 aromatic rings. The van der Waals surface area contributed by atoms with Gasteiger partial charge in [-0.3, -0.25) is 0 Å². The second-order valence-corrected chi connectivity index (χ2v) is 5.01. The first-order valence-corrected chi connectivity index (χ1v) is 7.35. The zero-order valence-electron chi connectivity index (χ0n) is 13.2. The quantitative estimate of drug-likeness (QED) is 0.651. The van der Waals surface area contributed by atoms with E-state index in [1.807, 2.05) is 72.8 Å². The van der Waals surface area contributed by atoms with Crippen LogP contribution in [-0.4, -0.2) is 14.2 Å². The van der Waals surface area contributed by atoms with Crippen molar-refractivity contribution in [3.63, 3.8) is 0 Å². The molecule has 0 unspecified atom stereocenters. The Bertz CT molecular complexity index is 782. The molecule has 23 heavy (non-hydrogen) atoms. The van der Waals surface area contributed by atoms with E-state index in [-0.39, 0.29) is 0 Å². The van der Waals surface area contributed by atoms with Crippen molar-refractivity contribution in [1.29, 1.82) is 0 Å². The average molecular weight is 306 g/mol. The van der Waals surface area contributed by atoms with Crippen molar-refractivity contribution < 1.29 is 14.2 Å². The minimum Gasteiger partial charge on any atom is -0.493 e. The highest BCUT2D eigenvalue weighted by Gasteiger charge is 2.07. The number of benzene rings is 3. The van der Waals surface area contributed by atoms with Crippen molar-refractivity contribution >= 4 is 0 Å². The van der Waals surface area contributed by atoms with E-state index in [0.717, 1.165) is 22.6 Å². The zero-order chi connectivity index (χ0) is 16.1. The van der Waals surface area contributed by atoms with E-state index in [9.17, 15) is 0 Å². The molecule has 0 spiro atoms. The second kappa shape index (κ2) is 6.88. The van der Waals surface area contributed by atoms with Crippen LogP contribution in [0.3, 0.4) is 0 Å². The molecule has 0 amide bonds. The number of para-hydroxylation sites is 1. The summed E-state index contributed by atoms with van der Waals surface area (Å²) in [6.07, 6.45) is 0. The SMILES string of the molecule is COc1ccc(-c2cccc(Oc3ccccc3)c2)cc1OC. The van der Waals surface area contributed by atoms with Crippen LogP contribution < -0.4 is 14.2 Å². The normalized spacial score (nSPS) is 10.2. The summed E-state index contributed by atoms with van der Waals surface area (Å²) in [5.41, 5.74) is 2.10. The first-order valence-electron chi connectivity index (χ1n) is 7.35. The standard InChI is InChI=1S/C20H18O3/c1-21-19-12-11-16(14-20(19)22-2)15-7-6-10-18(13-15)23-17-8-4-3-5-9-17/h3-14H,1-2H3. The minimum atomic E-state index is 0.708. The van der Waals surface area contributed by atoms with Crippen LogP contribution in [0.4, 0.5) is 0 Å². The number of rotatable bonds is 5. The van der Waals surface area contributed by atoms with E-state index in [4.69, 9.17) is 14.2 Å². The number of ether oxygens (including phenoxy) is 3. The van der Waals surface area contributed by atoms with Crippen LogP contribution in [0.5, 0.6) is 23.0 Å². The Labute approximate surface area is 136 Å². The molecule has 3 nitrogen and oxygen atoms in total. The number of methoxy groups -OCH3 is 2. The molecule has 0 N–H and O–H groups in total. The van der Waals surface area contributed by atoms with Gasteiger partial charge in [0.05, 0.1) is 14.2 Å². The maximum absolute atomic E-state index is 5.89. The molecule has 0 saturated carbocycles. The lowest BCUT2D eigenvalue weighted by Gasteiger charge is -2.11. The number of hydrogen-bond donors (Lipinski definition) is 0. The summed E-state index contributed by atoms with van der Waals surface area (Å²) in [4.78, 5) is 0. The van der Waals surface area contributed by atoms with Gasteiger partial charge < -0.3 is 14.2 Å². The largest absolute Gasteiger partial charge is 0.493 e. The summed E-state index contributed by atoms with van der Waals surface area (Å²) < 4.78 is 16.5. The van der Waals surface area contributed by atoms with Crippen molar-refractivity contribution in [2.45, 2.75) is 0 Å². The van der Waals surface area contributed by atoms with Gasteiger partial charge in [-0.2, -0.15) is 0 Å². The van der Waals surface area contributed by atoms with Gasteiger partial charge in [0, 0.05) is 0 Å². The van der Waals surface area contributed by atoms with Gasteiger partial charge in [-0.1, -0.05) is 36.4 Å². The summed E-state index contributed by atoms with van der Waals surface area (Å²) in [5.74, 6) is 3.03. The van der Waals surface area contributed by atoms with Gasteiger partial charge in [-0.15, -0.1) is 0 Å². The predicted molar refractivity (Wildman–Crippen MR) is 91.5 cm³/mol. The Hall–Kier alpha value is -2.94. The molecular formula is C20H18O3. The van der Waals surface area contributed by atoms with Gasteiger partial charge >= 0.3 is 0 Å². The van der Waals surface area contributed by atoms with Crippen LogP contribution in [0.25, 0.3) is 11.1 Å². The van der Waals surface area contributed by atoms with Crippen LogP contribution in [0.2, 0.25) is 0 Å². The molecule has 3 heteroatoms. The maximum atomic E-state index is 5.89. The van der Waals surface area contributed by atoms with Crippen molar-refractivity contribution in [2.75, 3.05) is 14.2 Å². The third-order valence-corrected chi connectivity index (χ3v) is 3.53. The molecule has 116 valence electrons. The highest BCUT2D eigenvalue weighted by molar-refractivity contribution is 5.68. The molecule has 0 aliphatic heterocycles. The highest BCUT2D eigenvalue weighted by Crippen LogP contribution is 2.34. The topological polar surface area (TPSA) is 27.7 Å². The summed E-state index contributed by atoms with van der Waals surface area (Å²) >= 11 is 0. The Balaban J connectivity index is 1.90. The molecule has 0 heterocycles. The van der Waals surface area contributed by atoms with Gasteiger partial charge in [0.2, 0.25) is 0 Å². The summed E-state index contributed by atoms with van der Waals surface area (Å²) in [5, 5.41) is 0. The fourth-order valence-electron chi connectivity index (χ4n) is 2.38. The molecule has 0 saturated heterocycles. The Morgan fingerprint density at radius 3 is 2.00 bits per heavy atom. The van der Waals surface area contributed by atoms with Crippen LogP contribution in [0.1, 0.15) is 0 Å². The van der Waals surface area contributed by atoms with Gasteiger partial charge in [0.1, 0.15) is 11.5 Å². The first-order chi connectivity index (χ1) is 11.3. The molecule has 0 radical (unpaired) electrons. The average Bonchev–Trinajstić information content (AvgIpc) is 2.62. The minimum absolute atomic E-state index is 0.708. The van der Waals surface area contributed by atoms with Crippen molar-refractivity contribution in [3.05, 3.63) is 72.8 Å². The molecule has 0 aromatic heterocycles. The maximum Gasteiger partial charge on any atom is 0.161 e. The first kappa shape index (κ1) is 15.0. The van der Waals surface area contributed by atoms with Gasteiger partial charge in [0.15, 0.2) is 11.5 Å². The van der Waals surface area contributed by atoms with Gasteiger partial charge in [-0.05, 0) is 47.5 Å². The molecule has 3 rings (SSSR count). The van der Waals surface area contributed by atoms with Crippen molar-refractivity contribution in [1.82, 2.24) is 0 Å². The lowest BCUT2D eigenvalue weighted by atomic mass is 10.0. The van der Waals surface area contributed by atoms with Crippen LogP contribution >= 0.6 is 0 Å². The Morgan fingerprint density at radius 1 is 0.565 bits per heavy atom. The third kappa shape index (κ3) is 3.46. The molecule has 3 aromatic carbocycles. The summed E-state index contributed by atoms with van der Waals surface area (Å²) in [7, 11) is 3.27. The predicted octanol–water partition coefficient (Wildman–Crippen LogP) is 5.16. The molecule has 0 aliphatic carbocycles. The molecule has 0 bridgehead atoms. The van der Waals surface area contributed by atoms with Crippen LogP contribution in [-0.2, 0) is 0 Å². The highest BCUT2D eigenvalue weighted by atomic mass is 16.5. The smallest absolute Gasteiger partial charge is 0.161 e. The fourth-order valence-corrected chi connectivity index (χ4v) is 2.38. The summed E-state index contributed by atoms with van der Waals surface area (Å²) in [6, 6.07) is 23.6. The van der Waals surface area contributed by atoms with E-state index < -0.39 is 0 Å². The van der Waals surface area contributed by atoms with Crippen molar-refractivity contribution in [2.24, 2.45) is 0 Å². The fraction of sp³-hybridized carbons (Fsp3) is 0.100. The monoisotopic (exact) mass is 306 g/mol. The molecule has 0 aliphatic rings. The summed E-state index contributed by atoms with van der Waals surface area (Å²) in [6.45, 7) is 0. The second-order valence-electron chi connectivity index (χ2n) is 5.01. The molecular weight excluding hydrogens is 288 g/mol. The number of hydrogen-bond acceptors (Lipinski definition) is 3. The van der Waals surface area contributed by atoms with E-state index in [1.54, 1.807) is 14.2 Å².